The Labute approximate surface area is 68.0 Å². The molecule has 1 saturated heterocycles. The van der Waals surface area contributed by atoms with E-state index in [1.807, 2.05) is 6.92 Å². The lowest BCUT2D eigenvalue weighted by molar-refractivity contribution is 0.0226. The van der Waals surface area contributed by atoms with E-state index in [-0.39, 0.29) is 12.3 Å². The molecule has 0 aliphatic carbocycles. The fourth-order valence-electron chi connectivity index (χ4n) is 1.46. The highest BCUT2D eigenvalue weighted by atomic mass is 16.5. The lowest BCUT2D eigenvalue weighted by Gasteiger charge is -2.24. The van der Waals surface area contributed by atoms with E-state index in [2.05, 4.69) is 11.8 Å². The van der Waals surface area contributed by atoms with Gasteiger partial charge in [-0.3, -0.25) is 4.90 Å². The summed E-state index contributed by atoms with van der Waals surface area (Å²) < 4.78 is 5.39. The van der Waals surface area contributed by atoms with Gasteiger partial charge in [0.15, 0.2) is 0 Å². The lowest BCUT2D eigenvalue weighted by atomic mass is 10.3. The molecule has 66 valence electrons. The van der Waals surface area contributed by atoms with E-state index in [4.69, 9.17) is 9.84 Å². The number of rotatable bonds is 2. The van der Waals surface area contributed by atoms with E-state index in [1.54, 1.807) is 6.92 Å². The maximum absolute atomic E-state index is 9.15. The minimum Gasteiger partial charge on any atom is -0.392 e. The molecule has 0 aromatic rings. The van der Waals surface area contributed by atoms with Gasteiger partial charge in [0.05, 0.1) is 12.7 Å². The summed E-state index contributed by atoms with van der Waals surface area (Å²) in [6.07, 6.45) is -0.0961. The van der Waals surface area contributed by atoms with Gasteiger partial charge in [-0.25, -0.2) is 0 Å². The van der Waals surface area contributed by atoms with E-state index >= 15 is 0 Å². The maximum Gasteiger partial charge on any atom is 0.108 e. The lowest BCUT2D eigenvalue weighted by Crippen LogP contribution is -2.38. The number of β-amino-alcohol motifs (C(OH)–C–C–N with tert-alkyl or cyclic N) is 1. The molecule has 3 atom stereocenters. The minimum absolute atomic E-state index is 0.166. The highest BCUT2D eigenvalue weighted by Gasteiger charge is 2.28. The van der Waals surface area contributed by atoms with Crippen molar-refractivity contribution in [2.75, 3.05) is 13.2 Å². The number of ether oxygens (including phenoxy) is 1. The average Bonchev–Trinajstić information content (AvgIpc) is 2.18. The summed E-state index contributed by atoms with van der Waals surface area (Å²) >= 11 is 0. The van der Waals surface area contributed by atoms with Crippen LogP contribution in [0.5, 0.6) is 0 Å². The highest BCUT2D eigenvalue weighted by molar-refractivity contribution is 4.75. The summed E-state index contributed by atoms with van der Waals surface area (Å²) in [6, 6.07) is 0.444. The van der Waals surface area contributed by atoms with Crippen molar-refractivity contribution >= 4 is 0 Å². The topological polar surface area (TPSA) is 32.7 Å². The summed E-state index contributed by atoms with van der Waals surface area (Å²) in [6.45, 7) is 7.44. The second kappa shape index (κ2) is 3.52. The van der Waals surface area contributed by atoms with Crippen molar-refractivity contribution in [3.63, 3.8) is 0 Å². The second-order valence-corrected chi connectivity index (χ2v) is 3.33. The van der Waals surface area contributed by atoms with Crippen LogP contribution in [0.15, 0.2) is 0 Å². The van der Waals surface area contributed by atoms with Crippen LogP contribution < -0.4 is 0 Å². The first-order valence-corrected chi connectivity index (χ1v) is 4.16. The molecule has 0 aromatic heterocycles. The quantitative estimate of drug-likeness (QED) is 0.634. The Morgan fingerprint density at radius 2 is 2.27 bits per heavy atom. The molecule has 3 heteroatoms. The van der Waals surface area contributed by atoms with Crippen molar-refractivity contribution in [2.45, 2.75) is 39.1 Å². The van der Waals surface area contributed by atoms with Crippen LogP contribution >= 0.6 is 0 Å². The number of aliphatic hydroxyl groups excluding tert-OH is 1. The predicted octanol–water partition coefficient (Wildman–Crippen LogP) is 0.434. The molecule has 1 aliphatic rings. The molecule has 1 heterocycles. The second-order valence-electron chi connectivity index (χ2n) is 3.33. The van der Waals surface area contributed by atoms with Gasteiger partial charge in [-0.05, 0) is 20.8 Å². The zero-order valence-corrected chi connectivity index (χ0v) is 7.45. The van der Waals surface area contributed by atoms with Crippen LogP contribution in [0.4, 0.5) is 0 Å². The van der Waals surface area contributed by atoms with Gasteiger partial charge in [-0.1, -0.05) is 0 Å². The molecular weight excluding hydrogens is 142 g/mol. The van der Waals surface area contributed by atoms with E-state index in [1.165, 1.54) is 0 Å². The number of nitrogens with zero attached hydrogens (tertiary/aromatic N) is 1. The van der Waals surface area contributed by atoms with Crippen molar-refractivity contribution in [2.24, 2.45) is 0 Å². The van der Waals surface area contributed by atoms with Crippen LogP contribution in [0.1, 0.15) is 20.8 Å². The Kier molecular flexibility index (Phi) is 2.87. The molecule has 0 saturated carbocycles. The molecule has 0 aromatic carbocycles. The molecular formula is C8H17NO2. The molecule has 11 heavy (non-hydrogen) atoms. The predicted molar refractivity (Wildman–Crippen MR) is 43.3 cm³/mol. The summed E-state index contributed by atoms with van der Waals surface area (Å²) in [5.74, 6) is 0. The average molecular weight is 159 g/mol. The molecule has 0 amide bonds. The van der Waals surface area contributed by atoms with Crippen molar-refractivity contribution in [3.05, 3.63) is 0 Å². The van der Waals surface area contributed by atoms with Gasteiger partial charge in [-0.15, -0.1) is 0 Å². The van der Waals surface area contributed by atoms with Crippen LogP contribution in [-0.4, -0.2) is 41.5 Å². The fourth-order valence-corrected chi connectivity index (χ4v) is 1.46. The molecule has 1 rings (SSSR count). The zero-order chi connectivity index (χ0) is 8.43. The van der Waals surface area contributed by atoms with Crippen molar-refractivity contribution < 1.29 is 9.84 Å². The van der Waals surface area contributed by atoms with Gasteiger partial charge in [0.2, 0.25) is 0 Å². The summed E-state index contributed by atoms with van der Waals surface area (Å²) in [5, 5.41) is 9.15. The Balaban J connectivity index is 2.41. The third kappa shape index (κ3) is 2.15. The molecule has 1 aliphatic heterocycles. The van der Waals surface area contributed by atoms with Crippen LogP contribution in [0.25, 0.3) is 0 Å². The van der Waals surface area contributed by atoms with Crippen molar-refractivity contribution in [1.29, 1.82) is 0 Å². The van der Waals surface area contributed by atoms with E-state index in [9.17, 15) is 0 Å². The zero-order valence-electron chi connectivity index (χ0n) is 7.45. The molecule has 0 radical (unpaired) electrons. The first kappa shape index (κ1) is 8.97. The monoisotopic (exact) mass is 159 g/mol. The van der Waals surface area contributed by atoms with Gasteiger partial charge in [0.1, 0.15) is 6.23 Å². The first-order valence-electron chi connectivity index (χ1n) is 4.16. The SMILES string of the molecule is CC(O)CN1C(C)COC1C. The smallest absolute Gasteiger partial charge is 0.108 e. The van der Waals surface area contributed by atoms with Crippen molar-refractivity contribution in [1.82, 2.24) is 4.90 Å². The van der Waals surface area contributed by atoms with Crippen LogP contribution in [0.3, 0.4) is 0 Å². The first-order chi connectivity index (χ1) is 5.11. The summed E-state index contributed by atoms with van der Waals surface area (Å²) in [7, 11) is 0. The van der Waals surface area contributed by atoms with Crippen LogP contribution in [0.2, 0.25) is 0 Å². The van der Waals surface area contributed by atoms with Crippen LogP contribution in [0, 0.1) is 0 Å². The molecule has 0 bridgehead atoms. The Morgan fingerprint density at radius 3 is 2.64 bits per heavy atom. The largest absolute Gasteiger partial charge is 0.392 e. The standard InChI is InChI=1S/C8H17NO2/c1-6-5-11-8(3)9(6)4-7(2)10/h6-8,10H,4-5H2,1-3H3. The number of hydrogen-bond donors (Lipinski definition) is 1. The Hall–Kier alpha value is -0.120. The van der Waals surface area contributed by atoms with E-state index < -0.39 is 0 Å². The fraction of sp³-hybridized carbons (Fsp3) is 1.00. The van der Waals surface area contributed by atoms with Crippen molar-refractivity contribution in [3.8, 4) is 0 Å². The summed E-state index contributed by atoms with van der Waals surface area (Å²) in [5.41, 5.74) is 0. The molecule has 0 spiro atoms. The minimum atomic E-state index is -0.262. The Bertz CT molecular complexity index is 117. The molecule has 1 N–H and O–H groups in total. The van der Waals surface area contributed by atoms with Gasteiger partial charge >= 0.3 is 0 Å². The number of aliphatic hydroxyl groups is 1. The third-order valence-corrected chi connectivity index (χ3v) is 2.09. The van der Waals surface area contributed by atoms with E-state index in [0.717, 1.165) is 6.61 Å². The molecule has 3 nitrogen and oxygen atoms in total. The van der Waals surface area contributed by atoms with Crippen LogP contribution in [-0.2, 0) is 4.74 Å². The highest BCUT2D eigenvalue weighted by Crippen LogP contribution is 2.15. The Morgan fingerprint density at radius 1 is 1.64 bits per heavy atom. The number of hydrogen-bond acceptors (Lipinski definition) is 3. The van der Waals surface area contributed by atoms with Gasteiger partial charge in [0, 0.05) is 12.6 Å². The van der Waals surface area contributed by atoms with Gasteiger partial charge in [-0.2, -0.15) is 0 Å². The van der Waals surface area contributed by atoms with Gasteiger partial charge in [0.25, 0.3) is 0 Å². The normalized spacial score (nSPS) is 36.0. The summed E-state index contributed by atoms with van der Waals surface area (Å²) in [4.78, 5) is 2.17. The maximum atomic E-state index is 9.15. The van der Waals surface area contributed by atoms with E-state index in [0.29, 0.717) is 12.6 Å². The molecule has 1 fully saturated rings. The third-order valence-electron chi connectivity index (χ3n) is 2.09. The molecule has 3 unspecified atom stereocenters. The van der Waals surface area contributed by atoms with Gasteiger partial charge < -0.3 is 9.84 Å².